The van der Waals surface area contributed by atoms with E-state index in [1.165, 1.54) is 18.6 Å². The number of rotatable bonds is 7. The van der Waals surface area contributed by atoms with Gasteiger partial charge >= 0.3 is 5.97 Å². The highest BCUT2D eigenvalue weighted by atomic mass is 32.1. The molecule has 0 aliphatic carbocycles. The van der Waals surface area contributed by atoms with E-state index in [1.54, 1.807) is 12.1 Å². The van der Waals surface area contributed by atoms with Gasteiger partial charge < -0.3 is 20.5 Å². The van der Waals surface area contributed by atoms with Crippen LogP contribution < -0.4 is 15.4 Å². The Morgan fingerprint density at radius 2 is 1.86 bits per heavy atom. The second-order valence-corrected chi connectivity index (χ2v) is 10.5. The number of amides is 1. The first-order valence-electron chi connectivity index (χ1n) is 12.6. The topological polar surface area (TPSA) is 101 Å². The van der Waals surface area contributed by atoms with E-state index in [2.05, 4.69) is 55.1 Å². The van der Waals surface area contributed by atoms with Crippen molar-refractivity contribution in [3.63, 3.8) is 0 Å². The smallest absolute Gasteiger partial charge is 0.335 e. The van der Waals surface area contributed by atoms with Crippen molar-refractivity contribution in [2.75, 3.05) is 19.7 Å². The number of nitrogens with one attached hydrogen (secondary N) is 2. The van der Waals surface area contributed by atoms with Crippen molar-refractivity contribution in [3.05, 3.63) is 66.5 Å². The molecule has 3 aromatic rings. The van der Waals surface area contributed by atoms with E-state index < -0.39 is 5.97 Å². The summed E-state index contributed by atoms with van der Waals surface area (Å²) in [5.41, 5.74) is 0.671. The minimum Gasteiger partial charge on any atom is -0.493 e. The Balaban J connectivity index is 0.000000214. The average molecular weight is 526 g/mol. The molecule has 1 fully saturated rings. The molecule has 2 heterocycles. The predicted octanol–water partition coefficient (Wildman–Crippen LogP) is 5.60. The second-order valence-electron chi connectivity index (χ2n) is 10.0. The van der Waals surface area contributed by atoms with Crippen LogP contribution in [0.1, 0.15) is 56.8 Å². The van der Waals surface area contributed by atoms with Gasteiger partial charge in [-0.1, -0.05) is 32.9 Å². The van der Waals surface area contributed by atoms with Gasteiger partial charge in [0.15, 0.2) is 0 Å². The van der Waals surface area contributed by atoms with Crippen molar-refractivity contribution in [2.45, 2.75) is 57.4 Å². The van der Waals surface area contributed by atoms with Gasteiger partial charge in [0.2, 0.25) is 6.41 Å². The maximum Gasteiger partial charge on any atom is 0.335 e. The molecule has 4 rings (SSSR count). The average Bonchev–Trinajstić information content (AvgIpc) is 2.88. The number of carbonyl (C=O) groups is 2. The summed E-state index contributed by atoms with van der Waals surface area (Å²) in [5, 5.41) is 16.7. The van der Waals surface area contributed by atoms with Crippen LogP contribution in [0.5, 0.6) is 5.75 Å². The fourth-order valence-corrected chi connectivity index (χ4v) is 3.84. The van der Waals surface area contributed by atoms with Crippen LogP contribution in [0.2, 0.25) is 0 Å². The van der Waals surface area contributed by atoms with Crippen molar-refractivity contribution in [2.24, 2.45) is 5.41 Å². The maximum atomic E-state index is 10.3. The standard InChI is InChI=1S/C16H21NO.C7H6O2S.C6H12N2O/c1-16(2,3)9-5-11-18-15-7-4-6-13-12-17-10-8-14(13)15;8-7(9)5-1-3-6(10)4-2-5;9-5-8-6-1-3-7-4-2-6/h4,6-8,10,12H,5,9,11H2,1-3H3;1-4,10H,(H,8,9);5-7H,1-4H2,(H,8,9). The number of ether oxygens (including phenoxy) is 1. The molecule has 200 valence electrons. The summed E-state index contributed by atoms with van der Waals surface area (Å²) in [6, 6.07) is 14.9. The van der Waals surface area contributed by atoms with Gasteiger partial charge in [-0.2, -0.15) is 0 Å². The summed E-state index contributed by atoms with van der Waals surface area (Å²) in [7, 11) is 0. The van der Waals surface area contributed by atoms with Gasteiger partial charge in [0.05, 0.1) is 12.2 Å². The fraction of sp³-hybridized carbons (Fsp3) is 0.414. The van der Waals surface area contributed by atoms with Crippen LogP contribution in [-0.4, -0.2) is 48.2 Å². The number of pyridine rings is 1. The molecule has 1 aliphatic heterocycles. The van der Waals surface area contributed by atoms with Gasteiger partial charge in [0, 0.05) is 34.1 Å². The van der Waals surface area contributed by atoms with E-state index in [4.69, 9.17) is 9.84 Å². The molecule has 37 heavy (non-hydrogen) atoms. The van der Waals surface area contributed by atoms with E-state index in [0.717, 1.165) is 66.8 Å². The first-order valence-corrected chi connectivity index (χ1v) is 13.0. The number of aromatic carboxylic acids is 1. The van der Waals surface area contributed by atoms with E-state index >= 15 is 0 Å². The van der Waals surface area contributed by atoms with Gasteiger partial charge in [-0.3, -0.25) is 9.78 Å². The Bertz CT molecular complexity index is 1090. The SMILES string of the molecule is CC(C)(C)CCCOc1cccc2cnccc12.O=C(O)c1ccc(S)cc1.O=CNC1CCNCC1. The minimum atomic E-state index is -0.909. The summed E-state index contributed by atoms with van der Waals surface area (Å²) in [4.78, 5) is 25.1. The Morgan fingerprint density at radius 3 is 2.49 bits per heavy atom. The summed E-state index contributed by atoms with van der Waals surface area (Å²) in [6.07, 6.45) is 8.87. The number of thiol groups is 1. The summed E-state index contributed by atoms with van der Waals surface area (Å²) in [5.74, 6) is 0.0529. The van der Waals surface area contributed by atoms with E-state index in [-0.39, 0.29) is 5.56 Å². The lowest BCUT2D eigenvalue weighted by Crippen LogP contribution is -2.39. The van der Waals surface area contributed by atoms with Crippen molar-refractivity contribution in [1.29, 1.82) is 0 Å². The van der Waals surface area contributed by atoms with Crippen LogP contribution in [0.15, 0.2) is 65.8 Å². The second kappa shape index (κ2) is 15.9. The molecule has 0 bridgehead atoms. The van der Waals surface area contributed by atoms with Gasteiger partial charge in [-0.25, -0.2) is 4.79 Å². The zero-order valence-electron chi connectivity index (χ0n) is 21.9. The predicted molar refractivity (Wildman–Crippen MR) is 152 cm³/mol. The van der Waals surface area contributed by atoms with Crippen molar-refractivity contribution in [3.8, 4) is 5.75 Å². The number of nitrogens with zero attached hydrogens (tertiary/aromatic N) is 1. The van der Waals surface area contributed by atoms with Crippen molar-refractivity contribution < 1.29 is 19.4 Å². The maximum absolute atomic E-state index is 10.3. The number of carboxylic acids is 1. The van der Waals surface area contributed by atoms with E-state index in [1.807, 2.05) is 30.6 Å². The number of fused-ring (bicyclic) bond motifs is 1. The lowest BCUT2D eigenvalue weighted by molar-refractivity contribution is -0.110. The monoisotopic (exact) mass is 525 g/mol. The fourth-order valence-electron chi connectivity index (χ4n) is 3.69. The molecule has 7 nitrogen and oxygen atoms in total. The molecule has 0 saturated carbocycles. The summed E-state index contributed by atoms with van der Waals surface area (Å²) in [6.45, 7) is 9.62. The third kappa shape index (κ3) is 12.1. The number of carboxylic acid groups (broad SMARTS) is 1. The first kappa shape index (κ1) is 30.1. The third-order valence-corrected chi connectivity index (χ3v) is 6.02. The van der Waals surface area contributed by atoms with Crippen molar-refractivity contribution in [1.82, 2.24) is 15.6 Å². The number of aromatic nitrogens is 1. The molecule has 3 N–H and O–H groups in total. The quantitative estimate of drug-likeness (QED) is 0.182. The van der Waals surface area contributed by atoms with E-state index in [9.17, 15) is 9.59 Å². The van der Waals surface area contributed by atoms with Gasteiger partial charge in [-0.05, 0) is 80.6 Å². The normalized spacial score (nSPS) is 13.4. The molecule has 1 saturated heterocycles. The van der Waals surface area contributed by atoms with Crippen LogP contribution in [0, 0.1) is 5.41 Å². The molecule has 8 heteroatoms. The molecule has 0 radical (unpaired) electrons. The van der Waals surface area contributed by atoms with Gasteiger partial charge in [0.25, 0.3) is 0 Å². The molecular formula is C29H39N3O4S. The first-order chi connectivity index (χ1) is 17.7. The lowest BCUT2D eigenvalue weighted by atomic mass is 9.91. The van der Waals surface area contributed by atoms with E-state index in [0.29, 0.717) is 11.5 Å². The number of piperidine rings is 1. The molecule has 0 unspecified atom stereocenters. The minimum absolute atomic E-state index is 0.290. The largest absolute Gasteiger partial charge is 0.493 e. The third-order valence-electron chi connectivity index (χ3n) is 5.73. The van der Waals surface area contributed by atoms with Crippen molar-refractivity contribution >= 4 is 35.8 Å². The number of benzene rings is 2. The highest BCUT2D eigenvalue weighted by Gasteiger charge is 2.10. The Labute approximate surface area is 225 Å². The molecule has 0 spiro atoms. The number of hydrogen-bond donors (Lipinski definition) is 4. The van der Waals surface area contributed by atoms with Gasteiger partial charge in [-0.15, -0.1) is 12.6 Å². The molecule has 1 aliphatic rings. The van der Waals surface area contributed by atoms with Crippen LogP contribution in [0.25, 0.3) is 10.8 Å². The molecule has 2 aromatic carbocycles. The summed E-state index contributed by atoms with van der Waals surface area (Å²) >= 11 is 4.01. The zero-order valence-corrected chi connectivity index (χ0v) is 22.8. The van der Waals surface area contributed by atoms with Crippen LogP contribution >= 0.6 is 12.6 Å². The highest BCUT2D eigenvalue weighted by molar-refractivity contribution is 7.80. The highest BCUT2D eigenvalue weighted by Crippen LogP contribution is 2.25. The van der Waals surface area contributed by atoms with Crippen LogP contribution in [0.4, 0.5) is 0 Å². The number of hydrogen-bond acceptors (Lipinski definition) is 6. The Morgan fingerprint density at radius 1 is 1.16 bits per heavy atom. The molecule has 1 aromatic heterocycles. The molecular weight excluding hydrogens is 486 g/mol. The Hall–Kier alpha value is -3.10. The van der Waals surface area contributed by atoms with Crippen LogP contribution in [0.3, 0.4) is 0 Å². The Kier molecular flexibility index (Phi) is 12.9. The summed E-state index contributed by atoms with van der Waals surface area (Å²) < 4.78 is 5.89. The number of carbonyl (C=O) groups excluding carboxylic acids is 1. The molecule has 1 amide bonds. The zero-order chi connectivity index (χ0) is 27.1. The lowest BCUT2D eigenvalue weighted by Gasteiger charge is -2.21. The van der Waals surface area contributed by atoms with Crippen LogP contribution in [-0.2, 0) is 4.79 Å². The molecule has 0 atom stereocenters. The van der Waals surface area contributed by atoms with Gasteiger partial charge in [0.1, 0.15) is 5.75 Å².